The number of fused-ring (bicyclic) bond motifs is 1. The molecule has 0 unspecified atom stereocenters. The van der Waals surface area contributed by atoms with E-state index in [9.17, 15) is 0 Å². The van der Waals surface area contributed by atoms with Gasteiger partial charge < -0.3 is 4.98 Å². The Morgan fingerprint density at radius 3 is 3.12 bits per heavy atom. The van der Waals surface area contributed by atoms with Gasteiger partial charge in [0.25, 0.3) is 0 Å². The number of hydrogen-bond donors (Lipinski definition) is 1. The van der Waals surface area contributed by atoms with E-state index >= 15 is 0 Å². The van der Waals surface area contributed by atoms with Gasteiger partial charge in [0.15, 0.2) is 0 Å². The van der Waals surface area contributed by atoms with Gasteiger partial charge in [0.1, 0.15) is 5.65 Å². The topological polar surface area (TPSA) is 28.7 Å². The smallest absolute Gasteiger partial charge is 0.139 e. The molecule has 0 bridgehead atoms. The minimum Gasteiger partial charge on any atom is -0.345 e. The number of rotatable bonds is 2. The van der Waals surface area contributed by atoms with E-state index in [4.69, 9.17) is 11.6 Å². The molecule has 0 aliphatic rings. The van der Waals surface area contributed by atoms with Gasteiger partial charge >= 0.3 is 0 Å². The number of halogens is 1. The molecule has 0 aliphatic carbocycles. The predicted octanol–water partition coefficient (Wildman–Crippen LogP) is 4.43. The van der Waals surface area contributed by atoms with Crippen LogP contribution in [0.25, 0.3) is 11.0 Å². The van der Waals surface area contributed by atoms with Crippen LogP contribution in [0.5, 0.6) is 0 Å². The zero-order chi connectivity index (χ0) is 11.0. The largest absolute Gasteiger partial charge is 0.345 e. The standard InChI is InChI=1S/C11H7ClN2S2/c12-7-3-4-13-11-10(7)8(6-14-11)16-9-2-1-5-15-9/h1-6H,(H,13,14). The zero-order valence-electron chi connectivity index (χ0n) is 8.11. The summed E-state index contributed by atoms with van der Waals surface area (Å²) in [6.07, 6.45) is 3.66. The molecular weight excluding hydrogens is 260 g/mol. The van der Waals surface area contributed by atoms with Crippen molar-refractivity contribution in [3.63, 3.8) is 0 Å². The molecule has 0 saturated heterocycles. The second-order valence-electron chi connectivity index (χ2n) is 3.20. The number of aromatic amines is 1. The summed E-state index contributed by atoms with van der Waals surface area (Å²) in [4.78, 5) is 8.49. The fraction of sp³-hybridized carbons (Fsp3) is 0. The monoisotopic (exact) mass is 266 g/mol. The van der Waals surface area contributed by atoms with Crippen LogP contribution in [0.1, 0.15) is 0 Å². The lowest BCUT2D eigenvalue weighted by Gasteiger charge is -1.97. The molecule has 0 amide bonds. The highest BCUT2D eigenvalue weighted by molar-refractivity contribution is 8.01. The van der Waals surface area contributed by atoms with E-state index in [0.717, 1.165) is 21.0 Å². The van der Waals surface area contributed by atoms with Crippen LogP contribution in [0.4, 0.5) is 0 Å². The highest BCUT2D eigenvalue weighted by Gasteiger charge is 2.09. The Morgan fingerprint density at radius 1 is 1.38 bits per heavy atom. The maximum absolute atomic E-state index is 6.17. The van der Waals surface area contributed by atoms with Crippen molar-refractivity contribution in [2.24, 2.45) is 0 Å². The van der Waals surface area contributed by atoms with E-state index in [1.807, 2.05) is 18.3 Å². The van der Waals surface area contributed by atoms with Crippen LogP contribution in [0.15, 0.2) is 45.1 Å². The second-order valence-corrected chi connectivity index (χ2v) is 5.90. The molecule has 3 heterocycles. The first-order valence-electron chi connectivity index (χ1n) is 4.67. The van der Waals surface area contributed by atoms with Crippen molar-refractivity contribution >= 4 is 45.7 Å². The molecule has 3 rings (SSSR count). The van der Waals surface area contributed by atoms with E-state index in [0.29, 0.717) is 0 Å². The van der Waals surface area contributed by atoms with Gasteiger partial charge in [0.05, 0.1) is 14.6 Å². The molecule has 3 aromatic heterocycles. The zero-order valence-corrected chi connectivity index (χ0v) is 10.5. The number of pyridine rings is 1. The Labute approximate surface area is 106 Å². The summed E-state index contributed by atoms with van der Waals surface area (Å²) in [6, 6.07) is 5.95. The van der Waals surface area contributed by atoms with Crippen molar-refractivity contribution in [3.05, 3.63) is 41.0 Å². The first kappa shape index (κ1) is 10.2. The van der Waals surface area contributed by atoms with Gasteiger partial charge in [-0.2, -0.15) is 0 Å². The minimum atomic E-state index is 0.741. The van der Waals surface area contributed by atoms with Crippen LogP contribution in [-0.2, 0) is 0 Å². The van der Waals surface area contributed by atoms with Gasteiger partial charge in [0, 0.05) is 17.3 Å². The summed E-state index contributed by atoms with van der Waals surface area (Å²) in [5.74, 6) is 0. The van der Waals surface area contributed by atoms with E-state index in [1.165, 1.54) is 4.21 Å². The van der Waals surface area contributed by atoms with Crippen molar-refractivity contribution in [1.29, 1.82) is 0 Å². The van der Waals surface area contributed by atoms with Crippen LogP contribution >= 0.6 is 34.7 Å². The number of hydrogen-bond acceptors (Lipinski definition) is 3. The second kappa shape index (κ2) is 4.13. The van der Waals surface area contributed by atoms with Crippen LogP contribution < -0.4 is 0 Å². The quantitative estimate of drug-likeness (QED) is 0.743. The molecule has 0 aliphatic heterocycles. The average molecular weight is 267 g/mol. The summed E-state index contributed by atoms with van der Waals surface area (Å²) in [5.41, 5.74) is 0.839. The Bertz CT molecular complexity index is 616. The molecule has 80 valence electrons. The molecule has 5 heteroatoms. The minimum absolute atomic E-state index is 0.741. The number of H-pyrrole nitrogens is 1. The highest BCUT2D eigenvalue weighted by atomic mass is 35.5. The lowest BCUT2D eigenvalue weighted by molar-refractivity contribution is 1.32. The van der Waals surface area contributed by atoms with E-state index in [1.54, 1.807) is 29.3 Å². The first-order valence-corrected chi connectivity index (χ1v) is 6.75. The van der Waals surface area contributed by atoms with Crippen molar-refractivity contribution in [2.75, 3.05) is 0 Å². The molecule has 0 atom stereocenters. The number of nitrogens with zero attached hydrogens (tertiary/aromatic N) is 1. The lowest BCUT2D eigenvalue weighted by Crippen LogP contribution is -1.75. The molecule has 0 spiro atoms. The summed E-state index contributed by atoms with van der Waals surface area (Å²) >= 11 is 9.60. The average Bonchev–Trinajstić information content (AvgIpc) is 2.90. The third-order valence-corrected chi connectivity index (χ3v) is 4.59. The van der Waals surface area contributed by atoms with Crippen molar-refractivity contribution in [1.82, 2.24) is 9.97 Å². The molecular formula is C11H7ClN2S2. The molecule has 16 heavy (non-hydrogen) atoms. The Morgan fingerprint density at radius 2 is 2.31 bits per heavy atom. The van der Waals surface area contributed by atoms with Gasteiger partial charge in [-0.1, -0.05) is 29.4 Å². The van der Waals surface area contributed by atoms with Crippen molar-refractivity contribution in [3.8, 4) is 0 Å². The summed E-state index contributed by atoms with van der Waals surface area (Å²) in [5, 5.41) is 3.81. The first-order chi connectivity index (χ1) is 7.84. The number of nitrogens with one attached hydrogen (secondary N) is 1. The van der Waals surface area contributed by atoms with E-state index in [2.05, 4.69) is 21.4 Å². The molecule has 0 fully saturated rings. The van der Waals surface area contributed by atoms with Crippen molar-refractivity contribution < 1.29 is 0 Å². The van der Waals surface area contributed by atoms with Gasteiger partial charge in [0.2, 0.25) is 0 Å². The maximum Gasteiger partial charge on any atom is 0.139 e. The molecule has 0 radical (unpaired) electrons. The summed E-state index contributed by atoms with van der Waals surface area (Å²) in [6.45, 7) is 0. The van der Waals surface area contributed by atoms with Gasteiger partial charge in [-0.25, -0.2) is 4.98 Å². The molecule has 1 N–H and O–H groups in total. The molecule has 2 nitrogen and oxygen atoms in total. The third kappa shape index (κ3) is 1.73. The lowest BCUT2D eigenvalue weighted by atomic mass is 10.3. The molecule has 0 saturated carbocycles. The van der Waals surface area contributed by atoms with Crippen LogP contribution in [0.2, 0.25) is 5.02 Å². The van der Waals surface area contributed by atoms with Crippen LogP contribution in [0, 0.1) is 0 Å². The van der Waals surface area contributed by atoms with Crippen molar-refractivity contribution in [2.45, 2.75) is 9.10 Å². The van der Waals surface area contributed by atoms with Gasteiger partial charge in [-0.3, -0.25) is 0 Å². The molecule has 3 aromatic rings. The van der Waals surface area contributed by atoms with Gasteiger partial charge in [-0.15, -0.1) is 11.3 Å². The maximum atomic E-state index is 6.17. The highest BCUT2D eigenvalue weighted by Crippen LogP contribution is 2.37. The number of aromatic nitrogens is 2. The third-order valence-electron chi connectivity index (χ3n) is 2.19. The fourth-order valence-electron chi connectivity index (χ4n) is 1.50. The predicted molar refractivity (Wildman–Crippen MR) is 69.5 cm³/mol. The molecule has 0 aromatic carbocycles. The fourth-order valence-corrected chi connectivity index (χ4v) is 3.67. The Balaban J connectivity index is 2.10. The Kier molecular flexibility index (Phi) is 2.63. The van der Waals surface area contributed by atoms with Gasteiger partial charge in [-0.05, 0) is 17.5 Å². The summed E-state index contributed by atoms with van der Waals surface area (Å²) in [7, 11) is 0. The normalized spacial score (nSPS) is 11.1. The summed E-state index contributed by atoms with van der Waals surface area (Å²) < 4.78 is 1.25. The van der Waals surface area contributed by atoms with E-state index in [-0.39, 0.29) is 0 Å². The Hall–Kier alpha value is -0.970. The van der Waals surface area contributed by atoms with Crippen LogP contribution in [0.3, 0.4) is 0 Å². The number of thiophene rings is 1. The van der Waals surface area contributed by atoms with Crippen LogP contribution in [-0.4, -0.2) is 9.97 Å². The SMILES string of the molecule is Clc1ccnc2[nH]cc(Sc3cccs3)c12. The van der Waals surface area contributed by atoms with E-state index < -0.39 is 0 Å².